The van der Waals surface area contributed by atoms with Crippen molar-refractivity contribution in [2.45, 2.75) is 25.8 Å². The second-order valence-corrected chi connectivity index (χ2v) is 5.68. The van der Waals surface area contributed by atoms with Gasteiger partial charge in [-0.2, -0.15) is 0 Å². The summed E-state index contributed by atoms with van der Waals surface area (Å²) in [4.78, 5) is 2.46. The third-order valence-corrected chi connectivity index (χ3v) is 4.02. The highest BCUT2D eigenvalue weighted by atomic mass is 15.1. The summed E-state index contributed by atoms with van der Waals surface area (Å²) in [7, 11) is 4.19. The molecule has 2 rings (SSSR count). The molecule has 3 nitrogen and oxygen atoms in total. The zero-order valence-corrected chi connectivity index (χ0v) is 12.3. The van der Waals surface area contributed by atoms with Gasteiger partial charge in [0.05, 0.1) is 0 Å². The molecule has 3 heteroatoms. The van der Waals surface area contributed by atoms with E-state index in [1.54, 1.807) is 0 Å². The van der Waals surface area contributed by atoms with Gasteiger partial charge in [0.1, 0.15) is 0 Å². The summed E-state index contributed by atoms with van der Waals surface area (Å²) in [5.74, 6) is 0.887. The molecule has 0 saturated carbocycles. The molecule has 1 aliphatic rings. The van der Waals surface area contributed by atoms with Crippen LogP contribution in [-0.2, 0) is 6.54 Å². The smallest absolute Gasteiger partial charge is 0.0337 e. The SMILES string of the molecule is CNc1ccc(CNCCC2CCCN(C)C2)cc1. The average Bonchev–Trinajstić information content (AvgIpc) is 2.44. The van der Waals surface area contributed by atoms with E-state index >= 15 is 0 Å². The predicted molar refractivity (Wildman–Crippen MR) is 82.5 cm³/mol. The Hall–Kier alpha value is -1.06. The lowest BCUT2D eigenvalue weighted by molar-refractivity contribution is 0.201. The van der Waals surface area contributed by atoms with E-state index in [2.05, 4.69) is 46.8 Å². The van der Waals surface area contributed by atoms with E-state index in [4.69, 9.17) is 0 Å². The molecule has 1 saturated heterocycles. The highest BCUT2D eigenvalue weighted by Gasteiger charge is 2.16. The van der Waals surface area contributed by atoms with Gasteiger partial charge in [0.2, 0.25) is 0 Å². The van der Waals surface area contributed by atoms with Crippen molar-refractivity contribution in [2.75, 3.05) is 39.0 Å². The van der Waals surface area contributed by atoms with Gasteiger partial charge in [0.15, 0.2) is 0 Å². The van der Waals surface area contributed by atoms with Gasteiger partial charge in [0.25, 0.3) is 0 Å². The summed E-state index contributed by atoms with van der Waals surface area (Å²) in [6.45, 7) is 4.67. The first-order valence-electron chi connectivity index (χ1n) is 7.44. The van der Waals surface area contributed by atoms with Crippen LogP contribution in [0.15, 0.2) is 24.3 Å². The summed E-state index contributed by atoms with van der Waals surface area (Å²) in [5, 5.41) is 6.71. The van der Waals surface area contributed by atoms with Gasteiger partial charge in [-0.1, -0.05) is 12.1 Å². The molecule has 106 valence electrons. The van der Waals surface area contributed by atoms with Crippen LogP contribution >= 0.6 is 0 Å². The van der Waals surface area contributed by atoms with Crippen LogP contribution in [0.4, 0.5) is 5.69 Å². The van der Waals surface area contributed by atoms with Gasteiger partial charge in [-0.05, 0) is 63.0 Å². The molecule has 0 aliphatic carbocycles. The molecule has 0 spiro atoms. The molecule has 1 aliphatic heterocycles. The first-order chi connectivity index (χ1) is 9.28. The van der Waals surface area contributed by atoms with Crippen LogP contribution in [0.25, 0.3) is 0 Å². The van der Waals surface area contributed by atoms with E-state index < -0.39 is 0 Å². The fourth-order valence-corrected chi connectivity index (χ4v) is 2.84. The average molecular weight is 261 g/mol. The molecule has 1 unspecified atom stereocenters. The van der Waals surface area contributed by atoms with Gasteiger partial charge < -0.3 is 15.5 Å². The van der Waals surface area contributed by atoms with Gasteiger partial charge in [0, 0.05) is 25.8 Å². The van der Waals surface area contributed by atoms with Crippen LogP contribution < -0.4 is 10.6 Å². The first-order valence-corrected chi connectivity index (χ1v) is 7.44. The highest BCUT2D eigenvalue weighted by Crippen LogP contribution is 2.17. The Morgan fingerprint density at radius 1 is 1.26 bits per heavy atom. The summed E-state index contributed by atoms with van der Waals surface area (Å²) < 4.78 is 0. The molecular formula is C16H27N3. The van der Waals surface area contributed by atoms with Crippen LogP contribution in [0.2, 0.25) is 0 Å². The topological polar surface area (TPSA) is 27.3 Å². The van der Waals surface area contributed by atoms with Crippen molar-refractivity contribution in [3.63, 3.8) is 0 Å². The van der Waals surface area contributed by atoms with E-state index in [0.29, 0.717) is 0 Å². The van der Waals surface area contributed by atoms with E-state index in [1.807, 2.05) is 7.05 Å². The first kappa shape index (κ1) is 14.4. The molecule has 0 bridgehead atoms. The van der Waals surface area contributed by atoms with Crippen molar-refractivity contribution in [1.29, 1.82) is 0 Å². The summed E-state index contributed by atoms with van der Waals surface area (Å²) in [6.07, 6.45) is 4.08. The summed E-state index contributed by atoms with van der Waals surface area (Å²) in [6, 6.07) is 8.64. The quantitative estimate of drug-likeness (QED) is 0.771. The lowest BCUT2D eigenvalue weighted by atomic mass is 9.95. The zero-order chi connectivity index (χ0) is 13.5. The van der Waals surface area contributed by atoms with Gasteiger partial charge in [-0.15, -0.1) is 0 Å². The van der Waals surface area contributed by atoms with Gasteiger partial charge in [-0.25, -0.2) is 0 Å². The number of nitrogens with zero attached hydrogens (tertiary/aromatic N) is 1. The number of nitrogens with one attached hydrogen (secondary N) is 2. The van der Waals surface area contributed by atoms with Crippen LogP contribution in [0.1, 0.15) is 24.8 Å². The van der Waals surface area contributed by atoms with Crippen molar-refractivity contribution in [3.05, 3.63) is 29.8 Å². The van der Waals surface area contributed by atoms with Crippen molar-refractivity contribution >= 4 is 5.69 Å². The second kappa shape index (κ2) is 7.51. The lowest BCUT2D eigenvalue weighted by Crippen LogP contribution is -2.33. The second-order valence-electron chi connectivity index (χ2n) is 5.68. The molecule has 1 atom stereocenters. The fourth-order valence-electron chi connectivity index (χ4n) is 2.84. The minimum absolute atomic E-state index is 0.887. The Bertz CT molecular complexity index is 361. The van der Waals surface area contributed by atoms with Crippen molar-refractivity contribution in [2.24, 2.45) is 5.92 Å². The van der Waals surface area contributed by atoms with E-state index in [-0.39, 0.29) is 0 Å². The molecular weight excluding hydrogens is 234 g/mol. The monoisotopic (exact) mass is 261 g/mol. The maximum absolute atomic E-state index is 3.56. The number of rotatable bonds is 6. The Balaban J connectivity index is 1.63. The maximum Gasteiger partial charge on any atom is 0.0337 e. The molecule has 19 heavy (non-hydrogen) atoms. The number of piperidine rings is 1. The number of likely N-dealkylation sites (tertiary alicyclic amines) is 1. The summed E-state index contributed by atoms with van der Waals surface area (Å²) in [5.41, 5.74) is 2.54. The molecule has 2 N–H and O–H groups in total. The predicted octanol–water partition coefficient (Wildman–Crippen LogP) is 2.55. The van der Waals surface area contributed by atoms with Crippen molar-refractivity contribution < 1.29 is 0 Å². The normalized spacial score (nSPS) is 20.4. The van der Waals surface area contributed by atoms with E-state index in [1.165, 1.54) is 43.6 Å². The molecule has 1 fully saturated rings. The van der Waals surface area contributed by atoms with Crippen molar-refractivity contribution in [3.8, 4) is 0 Å². The fraction of sp³-hybridized carbons (Fsp3) is 0.625. The number of hydrogen-bond donors (Lipinski definition) is 2. The van der Waals surface area contributed by atoms with Crippen LogP contribution in [0, 0.1) is 5.92 Å². The number of anilines is 1. The Morgan fingerprint density at radius 2 is 2.05 bits per heavy atom. The van der Waals surface area contributed by atoms with E-state index in [9.17, 15) is 0 Å². The molecule has 1 heterocycles. The standard InChI is InChI=1S/C16H27N3/c1-17-16-7-5-14(6-8-16)12-18-10-9-15-4-3-11-19(2)13-15/h5-8,15,17-18H,3-4,9-13H2,1-2H3. The maximum atomic E-state index is 3.56. The zero-order valence-electron chi connectivity index (χ0n) is 12.3. The van der Waals surface area contributed by atoms with Gasteiger partial charge in [-0.3, -0.25) is 0 Å². The van der Waals surface area contributed by atoms with Crippen LogP contribution in [0.5, 0.6) is 0 Å². The summed E-state index contributed by atoms with van der Waals surface area (Å²) >= 11 is 0. The molecule has 0 aromatic heterocycles. The minimum atomic E-state index is 0.887. The van der Waals surface area contributed by atoms with Gasteiger partial charge >= 0.3 is 0 Å². The Morgan fingerprint density at radius 3 is 2.74 bits per heavy atom. The highest BCUT2D eigenvalue weighted by molar-refractivity contribution is 5.43. The van der Waals surface area contributed by atoms with Crippen molar-refractivity contribution in [1.82, 2.24) is 10.2 Å². The minimum Gasteiger partial charge on any atom is -0.388 e. The third-order valence-electron chi connectivity index (χ3n) is 4.02. The third kappa shape index (κ3) is 4.84. The van der Waals surface area contributed by atoms with Crippen LogP contribution in [0.3, 0.4) is 0 Å². The molecule has 0 amide bonds. The van der Waals surface area contributed by atoms with E-state index in [0.717, 1.165) is 19.0 Å². The number of hydrogen-bond acceptors (Lipinski definition) is 3. The largest absolute Gasteiger partial charge is 0.388 e. The Labute approximate surface area is 117 Å². The molecule has 1 aromatic carbocycles. The molecule has 1 aromatic rings. The molecule has 0 radical (unpaired) electrons. The van der Waals surface area contributed by atoms with Crippen LogP contribution in [-0.4, -0.2) is 38.6 Å². The lowest BCUT2D eigenvalue weighted by Gasteiger charge is -2.29. The number of benzene rings is 1. The Kier molecular flexibility index (Phi) is 5.67.